The molecule has 1 aromatic carbocycles. The number of anilines is 1. The molecule has 0 atom stereocenters. The first-order chi connectivity index (χ1) is 9.70. The molecule has 2 aromatic rings. The van der Waals surface area contributed by atoms with Crippen molar-refractivity contribution in [3.05, 3.63) is 47.6 Å². The van der Waals surface area contributed by atoms with E-state index in [2.05, 4.69) is 22.3 Å². The predicted molar refractivity (Wildman–Crippen MR) is 69.4 cm³/mol. The lowest BCUT2D eigenvalue weighted by Crippen LogP contribution is -2.12. The van der Waals surface area contributed by atoms with Gasteiger partial charge in [-0.1, -0.05) is 17.0 Å². The third-order valence-electron chi connectivity index (χ3n) is 2.35. The number of aliphatic hydroxyl groups is 1. The van der Waals surface area contributed by atoms with Crippen LogP contribution in [0.1, 0.15) is 22.5 Å². The number of aromatic nitrogens is 1. The number of aliphatic hydroxyl groups excluding tert-OH is 1. The van der Waals surface area contributed by atoms with Crippen molar-refractivity contribution < 1.29 is 18.8 Å². The van der Waals surface area contributed by atoms with Crippen LogP contribution in [0.2, 0.25) is 0 Å². The highest BCUT2D eigenvalue weighted by atomic mass is 19.1. The van der Waals surface area contributed by atoms with Crippen molar-refractivity contribution in [2.24, 2.45) is 0 Å². The molecular formula is C14H11FN2O3. The fourth-order valence-electron chi connectivity index (χ4n) is 1.46. The van der Waals surface area contributed by atoms with Gasteiger partial charge in [-0.3, -0.25) is 4.79 Å². The summed E-state index contributed by atoms with van der Waals surface area (Å²) in [5.74, 6) is 4.45. The number of hydrogen-bond donors (Lipinski definition) is 2. The molecule has 1 aromatic heterocycles. The van der Waals surface area contributed by atoms with Gasteiger partial charge in [0.1, 0.15) is 5.82 Å². The molecule has 0 saturated carbocycles. The van der Waals surface area contributed by atoms with Crippen molar-refractivity contribution >= 4 is 11.6 Å². The number of carbonyl (C=O) groups is 1. The van der Waals surface area contributed by atoms with Crippen LogP contribution in [0.25, 0.3) is 0 Å². The number of amides is 1. The van der Waals surface area contributed by atoms with Crippen LogP contribution in [0.15, 0.2) is 35.0 Å². The molecule has 0 saturated heterocycles. The van der Waals surface area contributed by atoms with Gasteiger partial charge in [-0.25, -0.2) is 4.39 Å². The number of halogens is 1. The Balaban J connectivity index is 2.23. The Morgan fingerprint density at radius 3 is 3.00 bits per heavy atom. The number of benzene rings is 1. The maximum Gasteiger partial charge on any atom is 0.294 e. The van der Waals surface area contributed by atoms with Crippen LogP contribution >= 0.6 is 0 Å². The smallest absolute Gasteiger partial charge is 0.294 e. The Hall–Kier alpha value is -2.65. The van der Waals surface area contributed by atoms with Gasteiger partial charge in [-0.2, -0.15) is 0 Å². The van der Waals surface area contributed by atoms with Crippen LogP contribution in [0.4, 0.5) is 10.1 Å². The summed E-state index contributed by atoms with van der Waals surface area (Å²) in [6.07, 6.45) is 1.62. The first kappa shape index (κ1) is 13.8. The van der Waals surface area contributed by atoms with E-state index in [-0.39, 0.29) is 18.8 Å². The van der Waals surface area contributed by atoms with E-state index in [9.17, 15) is 9.18 Å². The summed E-state index contributed by atoms with van der Waals surface area (Å²) in [6, 6.07) is 5.25. The largest absolute Gasteiger partial charge is 0.395 e. The van der Waals surface area contributed by atoms with E-state index in [1.165, 1.54) is 30.5 Å². The molecule has 102 valence electrons. The molecule has 0 unspecified atom stereocenters. The van der Waals surface area contributed by atoms with Gasteiger partial charge in [-0.05, 0) is 18.2 Å². The predicted octanol–water partition coefficient (Wildman–Crippen LogP) is 1.80. The van der Waals surface area contributed by atoms with Gasteiger partial charge >= 0.3 is 0 Å². The third-order valence-corrected chi connectivity index (χ3v) is 2.35. The lowest BCUT2D eigenvalue weighted by Gasteiger charge is -2.05. The zero-order valence-electron chi connectivity index (χ0n) is 10.4. The van der Waals surface area contributed by atoms with Crippen molar-refractivity contribution in [2.45, 2.75) is 6.42 Å². The fourth-order valence-corrected chi connectivity index (χ4v) is 1.46. The van der Waals surface area contributed by atoms with E-state index < -0.39 is 11.7 Å². The van der Waals surface area contributed by atoms with Gasteiger partial charge in [0.15, 0.2) is 0 Å². The second kappa shape index (κ2) is 6.50. The quantitative estimate of drug-likeness (QED) is 0.837. The van der Waals surface area contributed by atoms with Gasteiger partial charge in [0.25, 0.3) is 5.91 Å². The highest BCUT2D eigenvalue weighted by molar-refractivity contribution is 6.02. The van der Waals surface area contributed by atoms with Crippen molar-refractivity contribution in [1.82, 2.24) is 5.16 Å². The Labute approximate surface area is 114 Å². The zero-order valence-corrected chi connectivity index (χ0v) is 10.4. The fraction of sp³-hybridized carbons (Fsp3) is 0.143. The lowest BCUT2D eigenvalue weighted by atomic mass is 10.1. The minimum Gasteiger partial charge on any atom is -0.395 e. The van der Waals surface area contributed by atoms with Crippen molar-refractivity contribution in [2.75, 3.05) is 11.9 Å². The SMILES string of the molecule is O=C(Nc1ccc(F)cc1C#CCCO)c1ccno1. The average Bonchev–Trinajstić information content (AvgIpc) is 2.96. The van der Waals surface area contributed by atoms with Crippen LogP contribution in [-0.4, -0.2) is 22.8 Å². The second-order valence-corrected chi connectivity index (χ2v) is 3.80. The molecule has 2 N–H and O–H groups in total. The third kappa shape index (κ3) is 3.43. The van der Waals surface area contributed by atoms with E-state index in [1.807, 2.05) is 0 Å². The number of rotatable bonds is 3. The molecule has 0 radical (unpaired) electrons. The molecule has 0 aliphatic carbocycles. The minimum atomic E-state index is -0.501. The highest BCUT2D eigenvalue weighted by Gasteiger charge is 2.12. The maximum absolute atomic E-state index is 13.2. The molecule has 1 amide bonds. The van der Waals surface area contributed by atoms with E-state index in [0.29, 0.717) is 11.3 Å². The Kier molecular flexibility index (Phi) is 4.47. The molecule has 2 rings (SSSR count). The van der Waals surface area contributed by atoms with Crippen molar-refractivity contribution in [3.8, 4) is 11.8 Å². The molecular weight excluding hydrogens is 263 g/mol. The van der Waals surface area contributed by atoms with Gasteiger partial charge in [0.2, 0.25) is 5.76 Å². The highest BCUT2D eigenvalue weighted by Crippen LogP contribution is 2.17. The number of hydrogen-bond acceptors (Lipinski definition) is 4. The van der Waals surface area contributed by atoms with Crippen LogP contribution in [0.5, 0.6) is 0 Å². The first-order valence-electron chi connectivity index (χ1n) is 5.82. The van der Waals surface area contributed by atoms with Crippen LogP contribution in [0, 0.1) is 17.7 Å². The lowest BCUT2D eigenvalue weighted by molar-refractivity contribution is 0.0988. The topological polar surface area (TPSA) is 75.4 Å². The number of nitrogens with one attached hydrogen (secondary N) is 1. The van der Waals surface area contributed by atoms with Crippen LogP contribution in [-0.2, 0) is 0 Å². The van der Waals surface area contributed by atoms with Gasteiger partial charge in [-0.15, -0.1) is 0 Å². The summed E-state index contributed by atoms with van der Waals surface area (Å²) in [6.45, 7) is -0.0813. The van der Waals surface area contributed by atoms with Crippen LogP contribution < -0.4 is 5.32 Å². The number of carbonyl (C=O) groups excluding carboxylic acids is 1. The summed E-state index contributed by atoms with van der Waals surface area (Å²) >= 11 is 0. The summed E-state index contributed by atoms with van der Waals surface area (Å²) in [5, 5.41) is 14.7. The molecule has 0 aliphatic rings. The van der Waals surface area contributed by atoms with Gasteiger partial charge in [0, 0.05) is 12.5 Å². The monoisotopic (exact) mass is 274 g/mol. The second-order valence-electron chi connectivity index (χ2n) is 3.80. The molecule has 6 heteroatoms. The Morgan fingerprint density at radius 2 is 2.30 bits per heavy atom. The first-order valence-corrected chi connectivity index (χ1v) is 5.82. The van der Waals surface area contributed by atoms with E-state index >= 15 is 0 Å². The van der Waals surface area contributed by atoms with Crippen molar-refractivity contribution in [1.29, 1.82) is 0 Å². The van der Waals surface area contributed by atoms with E-state index in [1.54, 1.807) is 0 Å². The molecule has 0 bridgehead atoms. The normalized spacial score (nSPS) is 9.70. The Bertz CT molecular complexity index is 657. The maximum atomic E-state index is 13.2. The van der Waals surface area contributed by atoms with E-state index in [4.69, 9.17) is 9.63 Å². The van der Waals surface area contributed by atoms with Crippen LogP contribution in [0.3, 0.4) is 0 Å². The molecule has 5 nitrogen and oxygen atoms in total. The molecule has 0 aliphatic heterocycles. The number of nitrogens with zero attached hydrogens (tertiary/aromatic N) is 1. The minimum absolute atomic E-state index is 0.0450. The van der Waals surface area contributed by atoms with Crippen molar-refractivity contribution in [3.63, 3.8) is 0 Å². The summed E-state index contributed by atoms with van der Waals surface area (Å²) in [7, 11) is 0. The average molecular weight is 274 g/mol. The molecule has 1 heterocycles. The van der Waals surface area contributed by atoms with E-state index in [0.717, 1.165) is 0 Å². The van der Waals surface area contributed by atoms with Gasteiger partial charge in [0.05, 0.1) is 24.1 Å². The van der Waals surface area contributed by atoms with Gasteiger partial charge < -0.3 is 14.9 Å². The zero-order chi connectivity index (χ0) is 14.4. The molecule has 0 fully saturated rings. The summed E-state index contributed by atoms with van der Waals surface area (Å²) in [5.41, 5.74) is 0.685. The summed E-state index contributed by atoms with van der Waals surface area (Å²) < 4.78 is 17.9. The Morgan fingerprint density at radius 1 is 1.45 bits per heavy atom. The molecule has 0 spiro atoms. The molecule has 20 heavy (non-hydrogen) atoms. The summed E-state index contributed by atoms with van der Waals surface area (Å²) in [4.78, 5) is 11.8. The standard InChI is InChI=1S/C14H11FN2O3/c15-11-4-5-12(10(9-11)3-1-2-8-18)17-14(19)13-6-7-16-20-13/h4-7,9,18H,2,8H2,(H,17,19).